The molecule has 0 saturated heterocycles. The first-order valence-corrected chi connectivity index (χ1v) is 4.80. The average Bonchev–Trinajstić information content (AvgIpc) is 1.63. The van der Waals surface area contributed by atoms with Crippen molar-refractivity contribution in [3.8, 4) is 0 Å². The van der Waals surface area contributed by atoms with Crippen molar-refractivity contribution < 1.29 is 73.5 Å². The summed E-state index contributed by atoms with van der Waals surface area (Å²) in [6.45, 7) is 1.96. The van der Waals surface area contributed by atoms with Gasteiger partial charge in [-0.2, -0.15) is 0 Å². The maximum atomic E-state index is 9.98. The zero-order valence-electron chi connectivity index (χ0n) is 7.50. The Bertz CT molecular complexity index is 114. The van der Waals surface area contributed by atoms with Crippen molar-refractivity contribution >= 4 is 7.60 Å². The molecule has 0 aromatic rings. The van der Waals surface area contributed by atoms with E-state index in [-0.39, 0.29) is 65.3 Å². The summed E-state index contributed by atoms with van der Waals surface area (Å²) < 4.78 is 9.98. The fourth-order valence-electron chi connectivity index (χ4n) is 0.555. The van der Waals surface area contributed by atoms with Gasteiger partial charge in [0.25, 0.3) is 0 Å². The molecule has 6 heteroatoms. The second-order valence-corrected chi connectivity index (χ2v) is 3.71. The monoisotopic (exact) mass is 196 g/mol. The van der Waals surface area contributed by atoms with Crippen LogP contribution in [0.1, 0.15) is 26.2 Å². The fourth-order valence-corrected chi connectivity index (χ4v) is 1.17. The molecule has 3 nitrogen and oxygen atoms in total. The van der Waals surface area contributed by atoms with Gasteiger partial charge >= 0.3 is 59.1 Å². The Labute approximate surface area is 112 Å². The largest absolute Gasteiger partial charge is 1.00 e. The minimum absolute atomic E-state index is 0. The molecule has 0 rings (SSSR count). The fraction of sp³-hybridized carbons (Fsp3) is 1.00. The Hall–Kier alpha value is 2.15. The van der Waals surface area contributed by atoms with E-state index in [0.717, 1.165) is 12.8 Å². The van der Waals surface area contributed by atoms with E-state index in [2.05, 4.69) is 0 Å². The second-order valence-electron chi connectivity index (χ2n) is 2.04. The first kappa shape index (κ1) is 18.8. The van der Waals surface area contributed by atoms with Gasteiger partial charge in [-0.3, -0.25) is 0 Å². The van der Waals surface area contributed by atoms with Gasteiger partial charge in [0, 0.05) is 0 Å². The Morgan fingerprint density at radius 2 is 1.64 bits per heavy atom. The van der Waals surface area contributed by atoms with Crippen molar-refractivity contribution in [1.29, 1.82) is 0 Å². The molecule has 0 unspecified atom stereocenters. The SMILES string of the molecule is CCCCCP(=O)([O-])[O-].[Na+].[Na+]. The van der Waals surface area contributed by atoms with Crippen LogP contribution < -0.4 is 68.9 Å². The van der Waals surface area contributed by atoms with Gasteiger partial charge in [0.05, 0.1) is 0 Å². The molecular weight excluding hydrogens is 185 g/mol. The number of hydrogen-bond donors (Lipinski definition) is 0. The van der Waals surface area contributed by atoms with E-state index in [4.69, 9.17) is 0 Å². The van der Waals surface area contributed by atoms with Crippen LogP contribution in [0.5, 0.6) is 0 Å². The van der Waals surface area contributed by atoms with Gasteiger partial charge in [0.1, 0.15) is 0 Å². The average molecular weight is 196 g/mol. The molecule has 0 aliphatic carbocycles. The predicted octanol–water partition coefficient (Wildman–Crippen LogP) is -5.90. The van der Waals surface area contributed by atoms with Crippen LogP contribution in [0.3, 0.4) is 0 Å². The molecule has 0 aliphatic rings. The van der Waals surface area contributed by atoms with E-state index >= 15 is 0 Å². The van der Waals surface area contributed by atoms with Gasteiger partial charge in [0.15, 0.2) is 0 Å². The Morgan fingerprint density at radius 1 is 1.18 bits per heavy atom. The van der Waals surface area contributed by atoms with Crippen molar-refractivity contribution in [2.45, 2.75) is 26.2 Å². The Balaban J connectivity index is -0.000000320. The summed E-state index contributed by atoms with van der Waals surface area (Å²) in [7, 11) is -4.20. The third-order valence-electron chi connectivity index (χ3n) is 1.04. The summed E-state index contributed by atoms with van der Waals surface area (Å²) in [4.78, 5) is 20.0. The van der Waals surface area contributed by atoms with Crippen LogP contribution in [0, 0.1) is 0 Å². The van der Waals surface area contributed by atoms with Crippen LogP contribution in [-0.4, -0.2) is 6.16 Å². The molecule has 11 heavy (non-hydrogen) atoms. The molecule has 0 radical (unpaired) electrons. The molecule has 0 atom stereocenters. The van der Waals surface area contributed by atoms with Crippen molar-refractivity contribution in [2.75, 3.05) is 6.16 Å². The topological polar surface area (TPSA) is 63.2 Å². The summed E-state index contributed by atoms with van der Waals surface area (Å²) in [6.07, 6.45) is 2.11. The van der Waals surface area contributed by atoms with E-state index < -0.39 is 7.60 Å². The molecule has 0 bridgehead atoms. The van der Waals surface area contributed by atoms with Gasteiger partial charge in [-0.1, -0.05) is 27.4 Å². The molecule has 0 saturated carbocycles. The van der Waals surface area contributed by atoms with E-state index in [1.54, 1.807) is 0 Å². The number of rotatable bonds is 4. The standard InChI is InChI=1S/C5H13O3P.2Na/c1-2-3-4-5-9(6,7)8;;/h2-5H2,1H3,(H2,6,7,8);;/q;2*+1/p-2. The zero-order valence-corrected chi connectivity index (χ0v) is 12.4. The molecular formula is C5H11Na2O3P. The van der Waals surface area contributed by atoms with Crippen molar-refractivity contribution in [2.24, 2.45) is 0 Å². The first-order valence-electron chi connectivity index (χ1n) is 3.07. The van der Waals surface area contributed by atoms with Crippen molar-refractivity contribution in [3.05, 3.63) is 0 Å². The summed E-state index contributed by atoms with van der Waals surface area (Å²) >= 11 is 0. The third kappa shape index (κ3) is 18.8. The normalized spacial score (nSPS) is 9.73. The van der Waals surface area contributed by atoms with Gasteiger partial charge < -0.3 is 14.4 Å². The van der Waals surface area contributed by atoms with E-state index in [0.29, 0.717) is 6.42 Å². The smallest absolute Gasteiger partial charge is 0.811 e. The molecule has 0 fully saturated rings. The van der Waals surface area contributed by atoms with E-state index in [1.807, 2.05) is 6.92 Å². The number of hydrogen-bond acceptors (Lipinski definition) is 3. The Kier molecular flexibility index (Phi) is 17.5. The van der Waals surface area contributed by atoms with Crippen LogP contribution in [0.2, 0.25) is 0 Å². The van der Waals surface area contributed by atoms with Crippen LogP contribution in [-0.2, 0) is 4.57 Å². The second kappa shape index (κ2) is 10.2. The van der Waals surface area contributed by atoms with Gasteiger partial charge in [-0.05, 0) is 12.6 Å². The minimum atomic E-state index is -4.20. The van der Waals surface area contributed by atoms with Crippen LogP contribution in [0.25, 0.3) is 0 Å². The third-order valence-corrected chi connectivity index (χ3v) is 1.90. The summed E-state index contributed by atoms with van der Waals surface area (Å²) in [5.74, 6) is 0. The maximum absolute atomic E-state index is 9.98. The molecule has 0 spiro atoms. The molecule has 0 heterocycles. The van der Waals surface area contributed by atoms with Gasteiger partial charge in [0.2, 0.25) is 0 Å². The zero-order chi connectivity index (χ0) is 7.33. The van der Waals surface area contributed by atoms with Gasteiger partial charge in [-0.25, -0.2) is 0 Å². The minimum Gasteiger partial charge on any atom is -0.811 e. The predicted molar refractivity (Wildman–Crippen MR) is 32.0 cm³/mol. The van der Waals surface area contributed by atoms with E-state index in [9.17, 15) is 14.4 Å². The first-order chi connectivity index (χ1) is 4.06. The summed E-state index contributed by atoms with van der Waals surface area (Å²) in [5.41, 5.74) is 0. The molecule has 0 N–H and O–H groups in total. The van der Waals surface area contributed by atoms with Crippen LogP contribution in [0.15, 0.2) is 0 Å². The van der Waals surface area contributed by atoms with Crippen LogP contribution >= 0.6 is 7.60 Å². The molecule has 56 valence electrons. The Morgan fingerprint density at radius 3 is 1.91 bits per heavy atom. The molecule has 0 aromatic heterocycles. The number of unbranched alkanes of at least 4 members (excludes halogenated alkanes) is 2. The van der Waals surface area contributed by atoms with Crippen molar-refractivity contribution in [1.82, 2.24) is 0 Å². The quantitative estimate of drug-likeness (QED) is 0.255. The van der Waals surface area contributed by atoms with Crippen LogP contribution in [0.4, 0.5) is 0 Å². The molecule has 0 aliphatic heterocycles. The molecule has 0 aromatic carbocycles. The molecule has 0 amide bonds. The van der Waals surface area contributed by atoms with E-state index in [1.165, 1.54) is 0 Å². The maximum Gasteiger partial charge on any atom is 1.00 e. The van der Waals surface area contributed by atoms with Crippen molar-refractivity contribution in [3.63, 3.8) is 0 Å². The van der Waals surface area contributed by atoms with Gasteiger partial charge in [-0.15, -0.1) is 0 Å². The summed E-state index contributed by atoms with van der Waals surface area (Å²) in [5, 5.41) is 0. The summed E-state index contributed by atoms with van der Waals surface area (Å²) in [6, 6.07) is 0.